The topological polar surface area (TPSA) is 58.6 Å². The van der Waals surface area contributed by atoms with Crippen molar-refractivity contribution in [2.75, 3.05) is 7.11 Å². The fourth-order valence-corrected chi connectivity index (χ4v) is 3.49. The first-order chi connectivity index (χ1) is 11.4. The van der Waals surface area contributed by atoms with Crippen LogP contribution >= 0.6 is 0 Å². The predicted molar refractivity (Wildman–Crippen MR) is 94.4 cm³/mol. The maximum Gasteiger partial charge on any atom is 0.405 e. The lowest BCUT2D eigenvalue weighted by molar-refractivity contribution is 0.161. The minimum atomic E-state index is -0.972. The standard InChI is InChI=1S/C20H23NO3/c1-20(2)11-10-15-12-14(13-4-7-16(24-3)8-5-13)6-9-17(15)18(20)21-19(22)23/h4-9,12,18,21H,10-11H2,1-3H3,(H,22,23). The smallest absolute Gasteiger partial charge is 0.405 e. The Bertz CT molecular complexity index is 750. The van der Waals surface area contributed by atoms with Crippen LogP contribution in [0.15, 0.2) is 42.5 Å². The van der Waals surface area contributed by atoms with Gasteiger partial charge in [-0.15, -0.1) is 0 Å². The third-order valence-electron chi connectivity index (χ3n) is 4.97. The van der Waals surface area contributed by atoms with Crippen molar-refractivity contribution in [1.29, 1.82) is 0 Å². The van der Waals surface area contributed by atoms with Crippen molar-refractivity contribution in [2.24, 2.45) is 5.41 Å². The van der Waals surface area contributed by atoms with Crippen LogP contribution in [0.3, 0.4) is 0 Å². The van der Waals surface area contributed by atoms with E-state index in [1.54, 1.807) is 7.11 Å². The van der Waals surface area contributed by atoms with E-state index in [-0.39, 0.29) is 11.5 Å². The number of ether oxygens (including phenoxy) is 1. The largest absolute Gasteiger partial charge is 0.497 e. The molecule has 4 heteroatoms. The average Bonchev–Trinajstić information content (AvgIpc) is 2.57. The van der Waals surface area contributed by atoms with E-state index >= 15 is 0 Å². The highest BCUT2D eigenvalue weighted by molar-refractivity contribution is 5.68. The third kappa shape index (κ3) is 3.09. The van der Waals surface area contributed by atoms with E-state index in [0.717, 1.165) is 35.3 Å². The normalized spacial score (nSPS) is 18.5. The van der Waals surface area contributed by atoms with E-state index in [1.807, 2.05) is 24.3 Å². The van der Waals surface area contributed by atoms with Gasteiger partial charge in [-0.1, -0.05) is 44.2 Å². The number of fused-ring (bicyclic) bond motifs is 1. The van der Waals surface area contributed by atoms with Gasteiger partial charge >= 0.3 is 6.09 Å². The monoisotopic (exact) mass is 325 g/mol. The molecule has 1 aliphatic rings. The van der Waals surface area contributed by atoms with Crippen molar-refractivity contribution < 1.29 is 14.6 Å². The van der Waals surface area contributed by atoms with E-state index in [1.165, 1.54) is 5.56 Å². The number of benzene rings is 2. The van der Waals surface area contributed by atoms with Gasteiger partial charge in [0.05, 0.1) is 13.2 Å². The van der Waals surface area contributed by atoms with Gasteiger partial charge in [-0.2, -0.15) is 0 Å². The summed E-state index contributed by atoms with van der Waals surface area (Å²) in [7, 11) is 1.66. The first-order valence-electron chi connectivity index (χ1n) is 8.17. The Morgan fingerprint density at radius 2 is 1.83 bits per heavy atom. The van der Waals surface area contributed by atoms with E-state index in [0.29, 0.717) is 0 Å². The molecule has 0 fully saturated rings. The molecule has 0 bridgehead atoms. The van der Waals surface area contributed by atoms with Crippen LogP contribution in [0.4, 0.5) is 4.79 Å². The molecule has 1 amide bonds. The van der Waals surface area contributed by atoms with Gasteiger partial charge in [-0.05, 0) is 52.6 Å². The first-order valence-corrected chi connectivity index (χ1v) is 8.17. The van der Waals surface area contributed by atoms with Crippen molar-refractivity contribution in [2.45, 2.75) is 32.7 Å². The molecule has 0 aliphatic heterocycles. The Balaban J connectivity index is 1.97. The molecule has 0 spiro atoms. The quantitative estimate of drug-likeness (QED) is 0.864. The summed E-state index contributed by atoms with van der Waals surface area (Å²) >= 11 is 0. The van der Waals surface area contributed by atoms with Crippen LogP contribution in [0.25, 0.3) is 11.1 Å². The molecule has 0 saturated carbocycles. The van der Waals surface area contributed by atoms with Gasteiger partial charge in [0.15, 0.2) is 0 Å². The molecule has 2 aromatic carbocycles. The average molecular weight is 325 g/mol. The summed E-state index contributed by atoms with van der Waals surface area (Å²) in [6, 6.07) is 14.1. The second-order valence-corrected chi connectivity index (χ2v) is 7.01. The lowest BCUT2D eigenvalue weighted by Gasteiger charge is -2.40. The number of hydrogen-bond acceptors (Lipinski definition) is 2. The van der Waals surface area contributed by atoms with Crippen molar-refractivity contribution in [1.82, 2.24) is 5.32 Å². The Hall–Kier alpha value is -2.49. The Kier molecular flexibility index (Phi) is 4.22. The van der Waals surface area contributed by atoms with E-state index < -0.39 is 6.09 Å². The molecule has 4 nitrogen and oxygen atoms in total. The van der Waals surface area contributed by atoms with Crippen molar-refractivity contribution in [3.63, 3.8) is 0 Å². The molecule has 0 aromatic heterocycles. The number of amides is 1. The van der Waals surface area contributed by atoms with Gasteiger partial charge in [0.1, 0.15) is 5.75 Å². The van der Waals surface area contributed by atoms with Crippen molar-refractivity contribution in [3.05, 3.63) is 53.6 Å². The fraction of sp³-hybridized carbons (Fsp3) is 0.350. The van der Waals surface area contributed by atoms with Crippen LogP contribution in [-0.4, -0.2) is 18.3 Å². The van der Waals surface area contributed by atoms with Crippen LogP contribution in [-0.2, 0) is 6.42 Å². The van der Waals surface area contributed by atoms with Crippen molar-refractivity contribution >= 4 is 6.09 Å². The Morgan fingerprint density at radius 1 is 1.17 bits per heavy atom. The predicted octanol–water partition coefficient (Wildman–Crippen LogP) is 4.64. The number of hydrogen-bond donors (Lipinski definition) is 2. The van der Waals surface area contributed by atoms with Gasteiger partial charge < -0.3 is 15.2 Å². The minimum absolute atomic E-state index is 0.0903. The molecule has 0 heterocycles. The SMILES string of the molecule is COc1ccc(-c2ccc3c(c2)CCC(C)(C)C3NC(=O)O)cc1. The molecule has 1 atom stereocenters. The summed E-state index contributed by atoms with van der Waals surface area (Å²) in [5, 5.41) is 11.9. The van der Waals surface area contributed by atoms with E-state index in [4.69, 9.17) is 4.74 Å². The van der Waals surface area contributed by atoms with Gasteiger partial charge in [-0.3, -0.25) is 0 Å². The molecule has 0 saturated heterocycles. The van der Waals surface area contributed by atoms with Gasteiger partial charge in [-0.25, -0.2) is 4.79 Å². The molecule has 126 valence electrons. The lowest BCUT2D eigenvalue weighted by atomic mass is 9.70. The molecule has 1 unspecified atom stereocenters. The molecule has 1 aliphatic carbocycles. The second kappa shape index (κ2) is 6.19. The highest BCUT2D eigenvalue weighted by Gasteiger charge is 2.36. The molecule has 2 N–H and O–H groups in total. The zero-order chi connectivity index (χ0) is 17.3. The zero-order valence-corrected chi connectivity index (χ0v) is 14.3. The summed E-state index contributed by atoms with van der Waals surface area (Å²) in [4.78, 5) is 11.2. The lowest BCUT2D eigenvalue weighted by Crippen LogP contribution is -2.40. The number of carbonyl (C=O) groups is 1. The minimum Gasteiger partial charge on any atom is -0.497 e. The van der Waals surface area contributed by atoms with Crippen LogP contribution in [0.5, 0.6) is 5.75 Å². The number of carboxylic acid groups (broad SMARTS) is 1. The Morgan fingerprint density at radius 3 is 2.46 bits per heavy atom. The number of nitrogens with one attached hydrogen (secondary N) is 1. The summed E-state index contributed by atoms with van der Waals surface area (Å²) in [5.74, 6) is 0.837. The molecule has 24 heavy (non-hydrogen) atoms. The molecule has 2 aromatic rings. The number of rotatable bonds is 3. The van der Waals surface area contributed by atoms with Crippen LogP contribution in [0.1, 0.15) is 37.4 Å². The first kappa shape index (κ1) is 16.4. The molecule has 0 radical (unpaired) electrons. The third-order valence-corrected chi connectivity index (χ3v) is 4.97. The summed E-state index contributed by atoms with van der Waals surface area (Å²) < 4.78 is 5.21. The van der Waals surface area contributed by atoms with Crippen LogP contribution in [0, 0.1) is 5.41 Å². The van der Waals surface area contributed by atoms with Gasteiger partial charge in [0, 0.05) is 0 Å². The highest BCUT2D eigenvalue weighted by atomic mass is 16.5. The molecular formula is C20H23NO3. The maximum absolute atomic E-state index is 11.2. The summed E-state index contributed by atoms with van der Waals surface area (Å²) in [6.07, 6.45) is 0.946. The van der Waals surface area contributed by atoms with Gasteiger partial charge in [0.25, 0.3) is 0 Å². The van der Waals surface area contributed by atoms with E-state index in [9.17, 15) is 9.90 Å². The summed E-state index contributed by atoms with van der Waals surface area (Å²) in [6.45, 7) is 4.24. The fourth-order valence-electron chi connectivity index (χ4n) is 3.49. The maximum atomic E-state index is 11.2. The second-order valence-electron chi connectivity index (χ2n) is 7.01. The summed E-state index contributed by atoms with van der Waals surface area (Å²) in [5.41, 5.74) is 4.50. The Labute approximate surface area is 142 Å². The van der Waals surface area contributed by atoms with Crippen LogP contribution in [0.2, 0.25) is 0 Å². The zero-order valence-electron chi connectivity index (χ0n) is 14.3. The number of aryl methyl sites for hydroxylation is 1. The van der Waals surface area contributed by atoms with E-state index in [2.05, 4.69) is 37.4 Å². The molecular weight excluding hydrogens is 302 g/mol. The van der Waals surface area contributed by atoms with Crippen LogP contribution < -0.4 is 10.1 Å². The highest BCUT2D eigenvalue weighted by Crippen LogP contribution is 2.44. The molecule has 3 rings (SSSR count). The van der Waals surface area contributed by atoms with Crippen molar-refractivity contribution in [3.8, 4) is 16.9 Å². The number of methoxy groups -OCH3 is 1. The van der Waals surface area contributed by atoms with Gasteiger partial charge in [0.2, 0.25) is 0 Å².